The molecule has 0 N–H and O–H groups in total. The summed E-state index contributed by atoms with van der Waals surface area (Å²) in [5.41, 5.74) is 13.1. The Bertz CT molecular complexity index is 1080. The first-order valence-corrected chi connectivity index (χ1v) is 20.9. The number of hydrogen-bond donors (Lipinski definition) is 0. The van der Waals surface area contributed by atoms with Crippen LogP contribution in [0.5, 0.6) is 0 Å². The van der Waals surface area contributed by atoms with Crippen LogP contribution in [0, 0.1) is 0 Å². The topological polar surface area (TPSA) is 0 Å². The first-order valence-electron chi connectivity index (χ1n) is 11.8. The van der Waals surface area contributed by atoms with E-state index in [1.54, 1.807) is 44.5 Å². The van der Waals surface area contributed by atoms with Crippen molar-refractivity contribution in [2.45, 2.75) is 71.7 Å². The summed E-state index contributed by atoms with van der Waals surface area (Å²) in [5, 5.41) is 0. The summed E-state index contributed by atoms with van der Waals surface area (Å²) in [6, 6.07) is 14.6. The average molecular weight is 561 g/mol. The molecule has 0 saturated heterocycles. The standard InChI is InChI=1S/2C13H13.C2H6Si.2ClH.Zr/c2*1-9-7-11-3-2-4-12(10-5-6-10)13(11)8-9;1-3-2;;;/h2*2-4,7-8,10H,5-6H2,1H3;1-2H3;2*1H;. The Labute approximate surface area is 214 Å². The summed E-state index contributed by atoms with van der Waals surface area (Å²) >= 11 is -1.86. The SMILES string of the molecule is CC1=Cc2c(C3CC3)cccc2[CH]1[Zr]([CH]1C(C)=Cc2c(C3CC3)cccc21)=[Si](C)C.Cl.Cl. The molecular weight excluding hydrogens is 527 g/mol. The quantitative estimate of drug-likeness (QED) is 0.328. The van der Waals surface area contributed by atoms with Crippen molar-refractivity contribution in [3.63, 3.8) is 0 Å². The van der Waals surface area contributed by atoms with Crippen molar-refractivity contribution in [3.05, 3.63) is 80.9 Å². The van der Waals surface area contributed by atoms with E-state index in [4.69, 9.17) is 0 Å². The molecule has 0 nitrogen and oxygen atoms in total. The predicted octanol–water partition coefficient (Wildman–Crippen LogP) is 8.77. The van der Waals surface area contributed by atoms with Gasteiger partial charge in [-0.3, -0.25) is 0 Å². The van der Waals surface area contributed by atoms with Crippen LogP contribution >= 0.6 is 24.8 Å². The zero-order valence-corrected chi connectivity index (χ0v) is 24.7. The van der Waals surface area contributed by atoms with Gasteiger partial charge in [-0.15, -0.1) is 24.8 Å². The predicted molar refractivity (Wildman–Crippen MR) is 142 cm³/mol. The molecule has 0 aliphatic heterocycles. The smallest absolute Gasteiger partial charge is 0.147 e. The minimum Gasteiger partial charge on any atom is -0.147 e. The normalized spacial score (nSPS) is 22.8. The Morgan fingerprint density at radius 3 is 1.38 bits per heavy atom. The first-order chi connectivity index (χ1) is 14.5. The molecule has 2 aromatic rings. The van der Waals surface area contributed by atoms with Gasteiger partial charge in [-0.2, -0.15) is 0 Å². The molecule has 0 aromatic heterocycles. The van der Waals surface area contributed by atoms with Gasteiger partial charge in [-0.25, -0.2) is 0 Å². The maximum atomic E-state index is 2.64. The zero-order valence-electron chi connectivity index (χ0n) is 19.6. The first kappa shape index (κ1) is 24.7. The van der Waals surface area contributed by atoms with E-state index in [0.29, 0.717) is 0 Å². The van der Waals surface area contributed by atoms with E-state index in [1.807, 2.05) is 0 Å². The van der Waals surface area contributed by atoms with Crippen molar-refractivity contribution < 1.29 is 20.4 Å². The fourth-order valence-electron chi connectivity index (χ4n) is 6.22. The monoisotopic (exact) mass is 558 g/mol. The van der Waals surface area contributed by atoms with Crippen LogP contribution in [-0.2, 0) is 20.4 Å². The van der Waals surface area contributed by atoms with Crippen molar-refractivity contribution in [3.8, 4) is 0 Å². The van der Waals surface area contributed by atoms with Gasteiger partial charge >= 0.3 is 191 Å². The van der Waals surface area contributed by atoms with Crippen LogP contribution < -0.4 is 0 Å². The second-order valence-corrected chi connectivity index (χ2v) is 28.2. The molecule has 32 heavy (non-hydrogen) atoms. The van der Waals surface area contributed by atoms with E-state index in [0.717, 1.165) is 19.1 Å². The second kappa shape index (κ2) is 9.33. The summed E-state index contributed by atoms with van der Waals surface area (Å²) < 4.78 is 1.57. The fourth-order valence-corrected chi connectivity index (χ4v) is 27.0. The van der Waals surface area contributed by atoms with Crippen molar-refractivity contribution in [2.24, 2.45) is 0 Å². The summed E-state index contributed by atoms with van der Waals surface area (Å²) in [4.78, 5) is 0. The van der Waals surface area contributed by atoms with Crippen LogP contribution in [0.15, 0.2) is 47.5 Å². The van der Waals surface area contributed by atoms with E-state index < -0.39 is 20.4 Å². The van der Waals surface area contributed by atoms with Gasteiger partial charge in [-0.05, 0) is 0 Å². The van der Waals surface area contributed by atoms with Crippen LogP contribution in [0.4, 0.5) is 0 Å². The second-order valence-electron chi connectivity index (χ2n) is 10.3. The van der Waals surface area contributed by atoms with Crippen LogP contribution in [0.3, 0.4) is 0 Å². The third-order valence-electron chi connectivity index (χ3n) is 7.86. The zero-order chi connectivity index (χ0) is 20.6. The Kier molecular flexibility index (Phi) is 7.21. The van der Waals surface area contributed by atoms with Gasteiger partial charge in [-0.1, -0.05) is 0 Å². The van der Waals surface area contributed by atoms with E-state index in [2.05, 4.69) is 75.5 Å². The Morgan fingerprint density at radius 1 is 0.656 bits per heavy atom. The van der Waals surface area contributed by atoms with E-state index in [-0.39, 0.29) is 30.2 Å². The van der Waals surface area contributed by atoms with Crippen molar-refractivity contribution in [1.82, 2.24) is 0 Å². The van der Waals surface area contributed by atoms with E-state index in [9.17, 15) is 0 Å². The van der Waals surface area contributed by atoms with Crippen molar-refractivity contribution in [2.75, 3.05) is 0 Å². The van der Waals surface area contributed by atoms with E-state index in [1.165, 1.54) is 25.7 Å². The maximum absolute atomic E-state index is 2.64. The molecule has 0 bridgehead atoms. The molecule has 0 amide bonds. The molecule has 2 aromatic carbocycles. The molecule has 168 valence electrons. The minimum absolute atomic E-state index is 0. The van der Waals surface area contributed by atoms with Gasteiger partial charge in [0.25, 0.3) is 0 Å². The van der Waals surface area contributed by atoms with Gasteiger partial charge < -0.3 is 0 Å². The van der Waals surface area contributed by atoms with Gasteiger partial charge in [0.2, 0.25) is 0 Å². The number of hydrogen-bond acceptors (Lipinski definition) is 0. The molecule has 4 aliphatic carbocycles. The molecule has 0 spiro atoms. The number of fused-ring (bicyclic) bond motifs is 2. The molecule has 2 atom stereocenters. The molecule has 0 radical (unpaired) electrons. The summed E-state index contributed by atoms with van der Waals surface area (Å²) in [7, 11) is 0. The van der Waals surface area contributed by atoms with Crippen LogP contribution in [-0.4, -0.2) is 5.43 Å². The third kappa shape index (κ3) is 4.02. The van der Waals surface area contributed by atoms with Gasteiger partial charge in [0, 0.05) is 0 Å². The Balaban J connectivity index is 0.00000122. The Morgan fingerprint density at radius 2 is 1.03 bits per heavy atom. The summed E-state index contributed by atoms with van der Waals surface area (Å²) in [6.07, 6.45) is 10.8. The molecule has 0 heterocycles. The van der Waals surface area contributed by atoms with E-state index >= 15 is 0 Å². The molecule has 2 unspecified atom stereocenters. The number of halogens is 2. The number of rotatable bonds is 4. The third-order valence-corrected chi connectivity index (χ3v) is 27.8. The van der Waals surface area contributed by atoms with Crippen LogP contribution in [0.25, 0.3) is 12.2 Å². The largest absolute Gasteiger partial charge is 0.147 e. The summed E-state index contributed by atoms with van der Waals surface area (Å²) in [5.74, 6) is 1.69. The summed E-state index contributed by atoms with van der Waals surface area (Å²) in [6.45, 7) is 10.2. The molecule has 2 fully saturated rings. The molecule has 2 saturated carbocycles. The fraction of sp³-hybridized carbons (Fsp3) is 0.429. The van der Waals surface area contributed by atoms with Gasteiger partial charge in [0.1, 0.15) is 0 Å². The van der Waals surface area contributed by atoms with Crippen LogP contribution in [0.1, 0.15) is 92.0 Å². The van der Waals surface area contributed by atoms with Crippen molar-refractivity contribution >= 4 is 42.4 Å². The van der Waals surface area contributed by atoms with Gasteiger partial charge in [0.05, 0.1) is 0 Å². The number of allylic oxidation sites excluding steroid dienone is 2. The minimum atomic E-state index is -1.86. The molecular formula is C28H34Cl2SiZr. The van der Waals surface area contributed by atoms with Gasteiger partial charge in [0.15, 0.2) is 0 Å². The molecule has 6 rings (SSSR count). The van der Waals surface area contributed by atoms with Crippen molar-refractivity contribution in [1.29, 1.82) is 0 Å². The average Bonchev–Trinajstić information content (AvgIpc) is 3.63. The molecule has 4 heteroatoms. The maximum Gasteiger partial charge on any atom is -0.147 e. The van der Waals surface area contributed by atoms with Crippen LogP contribution in [0.2, 0.25) is 13.1 Å². The Hall–Kier alpha value is -0.400. The number of benzene rings is 2. The molecule has 4 aliphatic rings.